The van der Waals surface area contributed by atoms with Gasteiger partial charge in [-0.2, -0.15) is 0 Å². The zero-order valence-corrected chi connectivity index (χ0v) is 53.0. The van der Waals surface area contributed by atoms with Gasteiger partial charge in [0.05, 0.1) is 27.7 Å². The number of esters is 2. The Balaban J connectivity index is 3.98. The maximum absolute atomic E-state index is 12.8. The molecule has 0 aliphatic heterocycles. The predicted octanol–water partition coefficient (Wildman–Crippen LogP) is 21.0. The van der Waals surface area contributed by atoms with Crippen molar-refractivity contribution in [3.05, 3.63) is 85.1 Å². The summed E-state index contributed by atoms with van der Waals surface area (Å²) < 4.78 is 34.6. The third-order valence-electron chi connectivity index (χ3n) is 14.2. The standard InChI is InChI=1S/C69H124NO8P/c1-6-8-10-12-14-16-18-20-22-24-25-26-27-28-29-30-31-32-33-34-35-36-37-38-39-40-41-42-43-44-45-46-48-50-52-54-56-58-60-62-69(72)78-67(66-77-79(73,74)76-64-63-70(3,4)5)65-75-68(71)61-59-57-55-53-51-49-47-23-21-19-17-15-13-11-9-7-2/h8,10,14,16,20,22,25-26,28-29,31-32,34-35,67H,6-7,9,11-13,15,17-19,21,23-24,27,30,33,36-66H2,1-5H3/p+1/b10-8-,16-14-,22-20-,26-25-,29-28-,32-31-,35-34-. The van der Waals surface area contributed by atoms with Gasteiger partial charge in [0.1, 0.15) is 19.8 Å². The van der Waals surface area contributed by atoms with Gasteiger partial charge in [-0.3, -0.25) is 18.6 Å². The minimum Gasteiger partial charge on any atom is -0.462 e. The first-order chi connectivity index (χ1) is 38.5. The van der Waals surface area contributed by atoms with Crippen molar-refractivity contribution in [1.29, 1.82) is 0 Å². The van der Waals surface area contributed by atoms with Crippen LogP contribution >= 0.6 is 7.82 Å². The van der Waals surface area contributed by atoms with Gasteiger partial charge in [0.25, 0.3) is 0 Å². The van der Waals surface area contributed by atoms with Crippen molar-refractivity contribution < 1.29 is 42.1 Å². The van der Waals surface area contributed by atoms with Crippen molar-refractivity contribution in [2.45, 2.75) is 296 Å². The summed E-state index contributed by atoms with van der Waals surface area (Å²) in [4.78, 5) is 35.7. The number of unbranched alkanes of at least 4 members (excludes halogenated alkanes) is 32. The van der Waals surface area contributed by atoms with Gasteiger partial charge in [0.2, 0.25) is 0 Å². The molecule has 0 bridgehead atoms. The smallest absolute Gasteiger partial charge is 0.462 e. The minimum absolute atomic E-state index is 0.0321. The minimum atomic E-state index is -4.39. The number of nitrogens with zero attached hydrogens (tertiary/aromatic N) is 1. The molecular weight excluding hydrogens is 1000 g/mol. The molecule has 0 fully saturated rings. The van der Waals surface area contributed by atoms with Gasteiger partial charge in [-0.1, -0.05) is 292 Å². The van der Waals surface area contributed by atoms with Crippen LogP contribution < -0.4 is 0 Å². The summed E-state index contributed by atoms with van der Waals surface area (Å²) in [7, 11) is 1.49. The van der Waals surface area contributed by atoms with E-state index in [1.807, 2.05) is 21.1 Å². The molecule has 0 aromatic rings. The largest absolute Gasteiger partial charge is 0.472 e. The van der Waals surface area contributed by atoms with Crippen LogP contribution in [-0.4, -0.2) is 74.9 Å². The Morgan fingerprint density at radius 1 is 0.405 bits per heavy atom. The van der Waals surface area contributed by atoms with E-state index in [1.54, 1.807) is 0 Å². The molecule has 0 amide bonds. The van der Waals surface area contributed by atoms with E-state index in [1.165, 1.54) is 180 Å². The molecule has 0 radical (unpaired) electrons. The van der Waals surface area contributed by atoms with Crippen LogP contribution in [-0.2, 0) is 32.7 Å². The average molecular weight is 1130 g/mol. The van der Waals surface area contributed by atoms with Crippen LogP contribution in [0, 0.1) is 0 Å². The van der Waals surface area contributed by atoms with Gasteiger partial charge in [-0.05, 0) is 70.6 Å². The molecule has 0 aromatic heterocycles. The maximum atomic E-state index is 12.8. The van der Waals surface area contributed by atoms with Gasteiger partial charge in [0.15, 0.2) is 6.10 Å². The molecule has 0 aliphatic rings. The summed E-state index contributed by atoms with van der Waals surface area (Å²) in [5, 5.41) is 0. The first-order valence-electron chi connectivity index (χ1n) is 32.8. The van der Waals surface area contributed by atoms with Crippen molar-refractivity contribution in [2.24, 2.45) is 0 Å². The Morgan fingerprint density at radius 2 is 0.722 bits per heavy atom. The van der Waals surface area contributed by atoms with Gasteiger partial charge in [0, 0.05) is 12.8 Å². The van der Waals surface area contributed by atoms with Crippen LogP contribution in [0.5, 0.6) is 0 Å². The second-order valence-electron chi connectivity index (χ2n) is 23.1. The van der Waals surface area contributed by atoms with Crippen molar-refractivity contribution in [3.63, 3.8) is 0 Å². The number of quaternary nitrogens is 1. The number of likely N-dealkylation sites (N-methyl/N-ethyl adjacent to an activating group) is 1. The molecule has 10 heteroatoms. The molecule has 2 atom stereocenters. The number of allylic oxidation sites excluding steroid dienone is 14. The summed E-state index contributed by atoms with van der Waals surface area (Å²) in [6.07, 6.45) is 81.1. The van der Waals surface area contributed by atoms with Gasteiger partial charge < -0.3 is 18.9 Å². The van der Waals surface area contributed by atoms with Crippen molar-refractivity contribution in [1.82, 2.24) is 0 Å². The molecule has 0 aliphatic carbocycles. The first-order valence-corrected chi connectivity index (χ1v) is 34.3. The van der Waals surface area contributed by atoms with E-state index in [-0.39, 0.29) is 25.6 Å². The van der Waals surface area contributed by atoms with Gasteiger partial charge in [-0.25, -0.2) is 4.57 Å². The monoisotopic (exact) mass is 1130 g/mol. The first kappa shape index (κ1) is 76.2. The highest BCUT2D eigenvalue weighted by Gasteiger charge is 2.27. The fourth-order valence-corrected chi connectivity index (χ4v) is 9.92. The molecule has 458 valence electrons. The number of ether oxygens (including phenoxy) is 2. The maximum Gasteiger partial charge on any atom is 0.472 e. The summed E-state index contributed by atoms with van der Waals surface area (Å²) in [6.45, 7) is 4.35. The number of hydrogen-bond acceptors (Lipinski definition) is 7. The Labute approximate surface area is 488 Å². The van der Waals surface area contributed by atoms with Gasteiger partial charge >= 0.3 is 19.8 Å². The SMILES string of the molecule is CC/C=C\C/C=C\C/C=C\C/C=C\C/C=C\C/C=C\C/C=C\CCCCCCCCCCCCCCCCCCCC(=O)OC(COC(=O)CCCCCCCCCCCCCCCCCC)COP(=O)(O)OCC[N+](C)(C)C. The lowest BCUT2D eigenvalue weighted by Crippen LogP contribution is -2.37. The van der Waals surface area contributed by atoms with Crippen molar-refractivity contribution >= 4 is 19.8 Å². The highest BCUT2D eigenvalue weighted by Crippen LogP contribution is 2.43. The Bertz CT molecular complexity index is 1610. The second-order valence-corrected chi connectivity index (χ2v) is 24.6. The van der Waals surface area contributed by atoms with Gasteiger partial charge in [-0.15, -0.1) is 0 Å². The molecule has 2 unspecified atom stereocenters. The highest BCUT2D eigenvalue weighted by atomic mass is 31.2. The molecule has 9 nitrogen and oxygen atoms in total. The Morgan fingerprint density at radius 3 is 1.08 bits per heavy atom. The molecule has 79 heavy (non-hydrogen) atoms. The number of carbonyl (C=O) groups excluding carboxylic acids is 2. The van der Waals surface area contributed by atoms with Crippen LogP contribution in [0.2, 0.25) is 0 Å². The van der Waals surface area contributed by atoms with E-state index in [2.05, 4.69) is 98.9 Å². The zero-order chi connectivity index (χ0) is 57.7. The number of hydrogen-bond donors (Lipinski definition) is 1. The number of carbonyl (C=O) groups is 2. The van der Waals surface area contributed by atoms with E-state index in [0.717, 1.165) is 77.0 Å². The summed E-state index contributed by atoms with van der Waals surface area (Å²) in [6, 6.07) is 0. The number of rotatable bonds is 60. The highest BCUT2D eigenvalue weighted by molar-refractivity contribution is 7.47. The summed E-state index contributed by atoms with van der Waals surface area (Å²) >= 11 is 0. The van der Waals surface area contributed by atoms with E-state index in [0.29, 0.717) is 23.9 Å². The van der Waals surface area contributed by atoms with E-state index in [9.17, 15) is 19.0 Å². The van der Waals surface area contributed by atoms with Crippen LogP contribution in [0.15, 0.2) is 85.1 Å². The molecule has 0 saturated heterocycles. The number of phosphoric acid groups is 1. The number of phosphoric ester groups is 1. The third kappa shape index (κ3) is 64.2. The van der Waals surface area contributed by atoms with Crippen LogP contribution in [0.1, 0.15) is 290 Å². The van der Waals surface area contributed by atoms with Crippen molar-refractivity contribution in [3.8, 4) is 0 Å². The molecule has 0 aromatic carbocycles. The summed E-state index contributed by atoms with van der Waals surface area (Å²) in [5.74, 6) is -0.785. The fraction of sp³-hybridized carbons (Fsp3) is 0.768. The quantitative estimate of drug-likeness (QED) is 0.0211. The third-order valence-corrected chi connectivity index (χ3v) is 15.2. The van der Waals surface area contributed by atoms with Crippen LogP contribution in [0.3, 0.4) is 0 Å². The van der Waals surface area contributed by atoms with E-state index < -0.39 is 26.5 Å². The normalized spacial score (nSPS) is 13.7. The summed E-state index contributed by atoms with van der Waals surface area (Å²) in [5.41, 5.74) is 0. The molecule has 0 rings (SSSR count). The molecular formula is C69H125NO8P+. The lowest BCUT2D eigenvalue weighted by molar-refractivity contribution is -0.870. The van der Waals surface area contributed by atoms with E-state index >= 15 is 0 Å². The zero-order valence-electron chi connectivity index (χ0n) is 52.1. The van der Waals surface area contributed by atoms with E-state index in [4.69, 9.17) is 18.5 Å². The molecule has 0 heterocycles. The lowest BCUT2D eigenvalue weighted by Gasteiger charge is -2.24. The van der Waals surface area contributed by atoms with Crippen LogP contribution in [0.4, 0.5) is 0 Å². The Kier molecular flexibility index (Phi) is 57.7. The van der Waals surface area contributed by atoms with Crippen molar-refractivity contribution in [2.75, 3.05) is 47.5 Å². The topological polar surface area (TPSA) is 108 Å². The lowest BCUT2D eigenvalue weighted by atomic mass is 10.0. The fourth-order valence-electron chi connectivity index (χ4n) is 9.17. The Hall–Kier alpha value is -2.81. The van der Waals surface area contributed by atoms with Crippen LogP contribution in [0.25, 0.3) is 0 Å². The molecule has 0 spiro atoms. The average Bonchev–Trinajstić information content (AvgIpc) is 3.41. The predicted molar refractivity (Wildman–Crippen MR) is 339 cm³/mol. The molecule has 1 N–H and O–H groups in total. The molecule has 0 saturated carbocycles. The second kappa shape index (κ2) is 59.8.